The fraction of sp³-hybridized carbons (Fsp3) is 0.667. The second kappa shape index (κ2) is 4.49. The molecule has 2 N–H and O–H groups in total. The van der Waals surface area contributed by atoms with Gasteiger partial charge in [0.2, 0.25) is 0 Å². The predicted octanol–water partition coefficient (Wildman–Crippen LogP) is 0.733. The number of hydrogen-bond acceptors (Lipinski definition) is 5. The molecule has 0 radical (unpaired) electrons. The van der Waals surface area contributed by atoms with Crippen molar-refractivity contribution in [2.75, 3.05) is 36.8 Å². The van der Waals surface area contributed by atoms with Crippen LogP contribution in [0.15, 0.2) is 12.4 Å². The Morgan fingerprint density at radius 3 is 2.76 bits per heavy atom. The molecule has 1 aromatic heterocycles. The van der Waals surface area contributed by atoms with E-state index in [-0.39, 0.29) is 0 Å². The number of nitrogen functional groups attached to an aromatic ring is 1. The molecule has 1 atom stereocenters. The lowest BCUT2D eigenvalue weighted by atomic mass is 10.2. The molecule has 2 aliphatic heterocycles. The van der Waals surface area contributed by atoms with Gasteiger partial charge in [0.05, 0.1) is 0 Å². The third kappa shape index (κ3) is 2.20. The van der Waals surface area contributed by atoms with Crippen LogP contribution in [0.3, 0.4) is 0 Å². The first-order valence-electron chi connectivity index (χ1n) is 6.39. The lowest BCUT2D eigenvalue weighted by molar-refractivity contribution is 0.260. The van der Waals surface area contributed by atoms with Crippen LogP contribution in [-0.4, -0.2) is 47.1 Å². The highest BCUT2D eigenvalue weighted by Crippen LogP contribution is 2.24. The fourth-order valence-corrected chi connectivity index (χ4v) is 2.89. The number of hydrogen-bond donors (Lipinski definition) is 1. The number of nitrogens with zero attached hydrogens (tertiary/aromatic N) is 4. The van der Waals surface area contributed by atoms with E-state index in [1.807, 2.05) is 6.07 Å². The summed E-state index contributed by atoms with van der Waals surface area (Å²) in [5, 5.41) is 0. The molecule has 0 spiro atoms. The standard InChI is InChI=1S/C12H19N5/c13-11-7-12(15-9-14-11)17-6-3-10(8-17)16-4-1-2-5-16/h7,9-10H,1-6,8H2,(H2,13,14,15). The molecule has 2 saturated heterocycles. The summed E-state index contributed by atoms with van der Waals surface area (Å²) in [4.78, 5) is 13.2. The molecule has 92 valence electrons. The monoisotopic (exact) mass is 233 g/mol. The van der Waals surface area contributed by atoms with Crippen LogP contribution in [0.25, 0.3) is 0 Å². The summed E-state index contributed by atoms with van der Waals surface area (Å²) in [7, 11) is 0. The minimum atomic E-state index is 0.555. The molecule has 1 unspecified atom stereocenters. The maximum Gasteiger partial charge on any atom is 0.134 e. The van der Waals surface area contributed by atoms with Gasteiger partial charge in [0.25, 0.3) is 0 Å². The quantitative estimate of drug-likeness (QED) is 0.816. The van der Waals surface area contributed by atoms with E-state index >= 15 is 0 Å². The molecule has 5 nitrogen and oxygen atoms in total. The van der Waals surface area contributed by atoms with Crippen molar-refractivity contribution in [2.24, 2.45) is 0 Å². The lowest BCUT2D eigenvalue weighted by Crippen LogP contribution is -2.35. The highest BCUT2D eigenvalue weighted by molar-refractivity contribution is 5.46. The van der Waals surface area contributed by atoms with E-state index in [0.717, 1.165) is 18.9 Å². The van der Waals surface area contributed by atoms with Crippen LogP contribution < -0.4 is 10.6 Å². The smallest absolute Gasteiger partial charge is 0.134 e. The van der Waals surface area contributed by atoms with Crippen molar-refractivity contribution in [1.29, 1.82) is 0 Å². The first-order valence-corrected chi connectivity index (χ1v) is 6.39. The maximum absolute atomic E-state index is 5.69. The molecule has 2 aliphatic rings. The van der Waals surface area contributed by atoms with Gasteiger partial charge in [0, 0.05) is 25.2 Å². The largest absolute Gasteiger partial charge is 0.384 e. The zero-order chi connectivity index (χ0) is 11.7. The Kier molecular flexibility index (Phi) is 2.84. The molecule has 3 heterocycles. The van der Waals surface area contributed by atoms with E-state index in [9.17, 15) is 0 Å². The zero-order valence-corrected chi connectivity index (χ0v) is 10.0. The van der Waals surface area contributed by atoms with Crippen molar-refractivity contribution in [3.63, 3.8) is 0 Å². The summed E-state index contributed by atoms with van der Waals surface area (Å²) in [6, 6.07) is 2.57. The summed E-state index contributed by atoms with van der Waals surface area (Å²) < 4.78 is 0. The Balaban J connectivity index is 1.67. The van der Waals surface area contributed by atoms with E-state index in [4.69, 9.17) is 5.73 Å². The number of nitrogens with two attached hydrogens (primary N) is 1. The van der Waals surface area contributed by atoms with Gasteiger partial charge in [-0.1, -0.05) is 0 Å². The van der Waals surface area contributed by atoms with E-state index in [1.165, 1.54) is 32.4 Å². The van der Waals surface area contributed by atoms with Gasteiger partial charge < -0.3 is 10.6 Å². The van der Waals surface area contributed by atoms with Crippen LogP contribution in [0.5, 0.6) is 0 Å². The summed E-state index contributed by atoms with van der Waals surface area (Å²) in [6.07, 6.45) is 5.51. The van der Waals surface area contributed by atoms with Gasteiger partial charge in [-0.05, 0) is 32.4 Å². The molecule has 0 amide bonds. The SMILES string of the molecule is Nc1cc(N2CCC(N3CCCC3)C2)ncn1. The Bertz CT molecular complexity index is 388. The van der Waals surface area contributed by atoms with Crippen molar-refractivity contribution >= 4 is 11.6 Å². The topological polar surface area (TPSA) is 58.3 Å². The molecule has 0 saturated carbocycles. The minimum Gasteiger partial charge on any atom is -0.384 e. The van der Waals surface area contributed by atoms with Crippen LogP contribution in [0, 0.1) is 0 Å². The highest BCUT2D eigenvalue weighted by atomic mass is 15.3. The van der Waals surface area contributed by atoms with Gasteiger partial charge in [-0.3, -0.25) is 4.90 Å². The molecule has 17 heavy (non-hydrogen) atoms. The molecule has 0 bridgehead atoms. The lowest BCUT2D eigenvalue weighted by Gasteiger charge is -2.23. The van der Waals surface area contributed by atoms with Crippen LogP contribution in [0.4, 0.5) is 11.6 Å². The number of aromatic nitrogens is 2. The third-order valence-electron chi connectivity index (χ3n) is 3.82. The number of rotatable bonds is 2. The summed E-state index contributed by atoms with van der Waals surface area (Å²) in [6.45, 7) is 4.70. The summed E-state index contributed by atoms with van der Waals surface area (Å²) >= 11 is 0. The zero-order valence-electron chi connectivity index (χ0n) is 10.0. The predicted molar refractivity (Wildman–Crippen MR) is 67.9 cm³/mol. The Morgan fingerprint density at radius 2 is 2.00 bits per heavy atom. The molecule has 1 aromatic rings. The second-order valence-electron chi connectivity index (χ2n) is 4.93. The Labute approximate surface area is 102 Å². The van der Waals surface area contributed by atoms with Crippen molar-refractivity contribution in [1.82, 2.24) is 14.9 Å². The molecular formula is C12H19N5. The van der Waals surface area contributed by atoms with Gasteiger partial charge in [-0.25, -0.2) is 9.97 Å². The van der Waals surface area contributed by atoms with Gasteiger partial charge >= 0.3 is 0 Å². The van der Waals surface area contributed by atoms with E-state index in [0.29, 0.717) is 11.9 Å². The first kappa shape index (κ1) is 10.8. The van der Waals surface area contributed by atoms with Crippen LogP contribution in [0.2, 0.25) is 0 Å². The van der Waals surface area contributed by atoms with Gasteiger partial charge in [0.15, 0.2) is 0 Å². The van der Waals surface area contributed by atoms with E-state index < -0.39 is 0 Å². The molecule has 5 heteroatoms. The normalized spacial score (nSPS) is 25.6. The molecule has 0 aromatic carbocycles. The van der Waals surface area contributed by atoms with E-state index in [1.54, 1.807) is 6.33 Å². The molecular weight excluding hydrogens is 214 g/mol. The average Bonchev–Trinajstić information content (AvgIpc) is 3.00. The van der Waals surface area contributed by atoms with Crippen LogP contribution >= 0.6 is 0 Å². The van der Waals surface area contributed by atoms with Gasteiger partial charge in [0.1, 0.15) is 18.0 Å². The van der Waals surface area contributed by atoms with E-state index in [2.05, 4.69) is 19.8 Å². The van der Waals surface area contributed by atoms with Crippen LogP contribution in [0.1, 0.15) is 19.3 Å². The molecule has 3 rings (SSSR count). The van der Waals surface area contributed by atoms with Crippen molar-refractivity contribution < 1.29 is 0 Å². The highest BCUT2D eigenvalue weighted by Gasteiger charge is 2.29. The summed E-state index contributed by atoms with van der Waals surface area (Å²) in [5.74, 6) is 1.53. The van der Waals surface area contributed by atoms with Gasteiger partial charge in [-0.15, -0.1) is 0 Å². The fourth-order valence-electron chi connectivity index (χ4n) is 2.89. The van der Waals surface area contributed by atoms with Gasteiger partial charge in [-0.2, -0.15) is 0 Å². The molecule has 0 aliphatic carbocycles. The second-order valence-corrected chi connectivity index (χ2v) is 4.93. The van der Waals surface area contributed by atoms with Crippen LogP contribution in [-0.2, 0) is 0 Å². The number of likely N-dealkylation sites (tertiary alicyclic amines) is 1. The van der Waals surface area contributed by atoms with Crippen molar-refractivity contribution in [2.45, 2.75) is 25.3 Å². The minimum absolute atomic E-state index is 0.555. The Hall–Kier alpha value is -1.36. The third-order valence-corrected chi connectivity index (χ3v) is 3.82. The number of anilines is 2. The first-order chi connectivity index (χ1) is 8.33. The average molecular weight is 233 g/mol. The Morgan fingerprint density at radius 1 is 1.18 bits per heavy atom. The summed E-state index contributed by atoms with van der Waals surface area (Å²) in [5.41, 5.74) is 5.69. The molecule has 2 fully saturated rings. The van der Waals surface area contributed by atoms with Crippen molar-refractivity contribution in [3.05, 3.63) is 12.4 Å². The maximum atomic E-state index is 5.69. The van der Waals surface area contributed by atoms with Crippen molar-refractivity contribution in [3.8, 4) is 0 Å².